The normalized spacial score (nSPS) is 16.4. The van der Waals surface area contributed by atoms with Crippen LogP contribution in [0.15, 0.2) is 62.7 Å². The molecule has 0 amide bonds. The Morgan fingerprint density at radius 2 is 1.62 bits per heavy atom. The number of imidazole rings is 1. The van der Waals surface area contributed by atoms with Crippen LogP contribution in [-0.4, -0.2) is 24.9 Å². The zero-order valence-electron chi connectivity index (χ0n) is 14.4. The standard InChI is InChI=1S/C18H9N7S3.Pt/c1-2-4-10(5-3-1)25-6-14-22-15(25)13-9-28-18(21-13)24-17-20-12(8-27-17)11-7-26-16(19-11)23-14;/h1-9H;/q-2;+2. The van der Waals surface area contributed by atoms with E-state index < -0.39 is 0 Å². The number of hydrogen-bond donors (Lipinski definition) is 0. The summed E-state index contributed by atoms with van der Waals surface area (Å²) in [4.78, 5) is 18.5. The first-order valence-electron chi connectivity index (χ1n) is 8.27. The molecule has 1 aromatic carbocycles. The predicted molar refractivity (Wildman–Crippen MR) is 118 cm³/mol. The first-order chi connectivity index (χ1) is 13.8. The Hall–Kier alpha value is -2.13. The first kappa shape index (κ1) is 18.9. The van der Waals surface area contributed by atoms with Gasteiger partial charge in [0.15, 0.2) is 0 Å². The number of para-hydroxylation sites is 1. The van der Waals surface area contributed by atoms with Crippen molar-refractivity contribution in [3.63, 3.8) is 0 Å². The topological polar surface area (TPSA) is 83.6 Å². The van der Waals surface area contributed by atoms with Gasteiger partial charge in [-0.05, 0) is 39.0 Å². The van der Waals surface area contributed by atoms with E-state index in [1.165, 1.54) is 34.9 Å². The molecule has 0 N–H and O–H groups in total. The number of thioether (sulfide) groups is 2. The zero-order valence-corrected chi connectivity index (χ0v) is 19.1. The molecule has 3 aromatic rings. The minimum Gasteiger partial charge on any atom is -0.428 e. The second-order valence-corrected chi connectivity index (χ2v) is 8.41. The molecule has 0 saturated carbocycles. The van der Waals surface area contributed by atoms with Gasteiger partial charge < -0.3 is 20.6 Å². The third-order valence-electron chi connectivity index (χ3n) is 4.10. The van der Waals surface area contributed by atoms with Crippen LogP contribution < -0.4 is 0 Å². The van der Waals surface area contributed by atoms with E-state index >= 15 is 0 Å². The van der Waals surface area contributed by atoms with Crippen LogP contribution in [0.1, 0.15) is 11.5 Å². The van der Waals surface area contributed by atoms with Crippen LogP contribution in [0.25, 0.3) is 27.7 Å². The molecule has 7 nitrogen and oxygen atoms in total. The third-order valence-corrected chi connectivity index (χ3v) is 6.30. The van der Waals surface area contributed by atoms with Crippen molar-refractivity contribution in [3.05, 3.63) is 74.9 Å². The van der Waals surface area contributed by atoms with Gasteiger partial charge >= 0.3 is 21.1 Å². The Balaban J connectivity index is 0.00000181. The fourth-order valence-electron chi connectivity index (χ4n) is 2.85. The molecular weight excluding hydrogens is 606 g/mol. The van der Waals surface area contributed by atoms with E-state index in [1.54, 1.807) is 0 Å². The molecule has 11 heteroatoms. The summed E-state index contributed by atoms with van der Waals surface area (Å²) in [6.45, 7) is 0. The summed E-state index contributed by atoms with van der Waals surface area (Å²) in [6, 6.07) is 10.0. The maximum absolute atomic E-state index is 4.72. The Morgan fingerprint density at radius 1 is 0.862 bits per heavy atom. The van der Waals surface area contributed by atoms with Gasteiger partial charge in [-0.15, -0.1) is 34.9 Å². The molecule has 8 bridgehead atoms. The zero-order chi connectivity index (χ0) is 18.5. The largest absolute Gasteiger partial charge is 2.00 e. The van der Waals surface area contributed by atoms with Gasteiger partial charge in [0.1, 0.15) is 11.0 Å². The number of rotatable bonds is 1. The van der Waals surface area contributed by atoms with Crippen LogP contribution in [0.2, 0.25) is 0 Å². The molecule has 144 valence electrons. The summed E-state index contributed by atoms with van der Waals surface area (Å²) in [5.41, 5.74) is 3.33. The van der Waals surface area contributed by atoms with E-state index in [-0.39, 0.29) is 21.1 Å². The molecule has 5 heterocycles. The second kappa shape index (κ2) is 7.60. The van der Waals surface area contributed by atoms with Crippen molar-refractivity contribution in [1.29, 1.82) is 0 Å². The van der Waals surface area contributed by atoms with Gasteiger partial charge in [0.2, 0.25) is 0 Å². The molecule has 0 aliphatic carbocycles. The monoisotopic (exact) mass is 614 g/mol. The van der Waals surface area contributed by atoms with Crippen molar-refractivity contribution in [3.8, 4) is 5.69 Å². The average Bonchev–Trinajstić information content (AvgIpc) is 3.49. The molecule has 0 saturated heterocycles. The van der Waals surface area contributed by atoms with Crippen LogP contribution in [0, 0.1) is 0 Å². The van der Waals surface area contributed by atoms with Gasteiger partial charge in [-0.25, -0.2) is 9.97 Å². The Bertz CT molecular complexity index is 1220. The number of aromatic nitrogens is 3. The summed E-state index contributed by atoms with van der Waals surface area (Å²) in [5.74, 6) is 1.30. The summed E-state index contributed by atoms with van der Waals surface area (Å²) in [6.07, 6.45) is 1.90. The molecule has 0 spiro atoms. The molecule has 29 heavy (non-hydrogen) atoms. The SMILES string of the molecule is C1=C2[N-]C(=Nc3cn(-c4ccccc4)c(n3)C3=CSC(=Nc4nc2cs4)[N-]3)S1.[Pt+2]. The maximum atomic E-state index is 4.72. The molecule has 3 aliphatic rings. The summed E-state index contributed by atoms with van der Waals surface area (Å²) < 4.78 is 1.99. The number of amidine groups is 2. The van der Waals surface area contributed by atoms with Crippen LogP contribution in [0.5, 0.6) is 0 Å². The van der Waals surface area contributed by atoms with E-state index in [4.69, 9.17) is 4.98 Å². The Labute approximate surface area is 192 Å². The van der Waals surface area contributed by atoms with Crippen LogP contribution in [0.3, 0.4) is 0 Å². The van der Waals surface area contributed by atoms with Crippen molar-refractivity contribution >= 4 is 67.5 Å². The fraction of sp³-hybridized carbons (Fsp3) is 0. The molecule has 6 rings (SSSR count). The molecule has 0 fully saturated rings. The summed E-state index contributed by atoms with van der Waals surface area (Å²) >= 11 is 4.40. The number of nitrogens with zero attached hydrogens (tertiary/aromatic N) is 7. The summed E-state index contributed by atoms with van der Waals surface area (Å²) in [7, 11) is 0. The van der Waals surface area contributed by atoms with E-state index in [2.05, 4.69) is 25.6 Å². The number of fused-ring (bicyclic) bond motifs is 10. The molecule has 3 aliphatic heterocycles. The summed E-state index contributed by atoms with van der Waals surface area (Å²) in [5, 5.41) is 17.1. The molecule has 0 unspecified atom stereocenters. The first-order valence-corrected chi connectivity index (χ1v) is 10.9. The molecule has 0 radical (unpaired) electrons. The molecule has 2 aromatic heterocycles. The Morgan fingerprint density at radius 3 is 2.48 bits per heavy atom. The number of thiazole rings is 1. The minimum absolute atomic E-state index is 0. The van der Waals surface area contributed by atoms with E-state index in [1.807, 2.05) is 57.3 Å². The predicted octanol–water partition coefficient (Wildman–Crippen LogP) is 5.85. The van der Waals surface area contributed by atoms with Gasteiger partial charge in [0.25, 0.3) is 0 Å². The van der Waals surface area contributed by atoms with Gasteiger partial charge in [-0.1, -0.05) is 18.2 Å². The van der Waals surface area contributed by atoms with Crippen molar-refractivity contribution in [2.75, 3.05) is 0 Å². The molecular formula is C18H9N7PtS3. The van der Waals surface area contributed by atoms with E-state index in [0.29, 0.717) is 21.3 Å². The maximum Gasteiger partial charge on any atom is 2.00 e. The van der Waals surface area contributed by atoms with E-state index in [9.17, 15) is 0 Å². The van der Waals surface area contributed by atoms with Gasteiger partial charge in [0, 0.05) is 23.0 Å². The number of hydrogen-bond acceptors (Lipinski definition) is 7. The van der Waals surface area contributed by atoms with E-state index in [0.717, 1.165) is 28.6 Å². The number of benzene rings is 1. The smallest absolute Gasteiger partial charge is 0.428 e. The third kappa shape index (κ3) is 3.50. The average molecular weight is 615 g/mol. The Kier molecular flexibility index (Phi) is 4.95. The van der Waals surface area contributed by atoms with Gasteiger partial charge in [-0.2, -0.15) is 0 Å². The van der Waals surface area contributed by atoms with Crippen LogP contribution in [0.4, 0.5) is 10.9 Å². The number of aliphatic imine (C=N–C) groups is 2. The second-order valence-electron chi connectivity index (χ2n) is 5.90. The molecule has 0 atom stereocenters. The van der Waals surface area contributed by atoms with Crippen molar-refractivity contribution in [1.82, 2.24) is 14.5 Å². The van der Waals surface area contributed by atoms with Gasteiger partial charge in [0.05, 0.1) is 11.5 Å². The minimum atomic E-state index is 0. The quantitative estimate of drug-likeness (QED) is 0.344. The van der Waals surface area contributed by atoms with Crippen molar-refractivity contribution < 1.29 is 21.1 Å². The van der Waals surface area contributed by atoms with Gasteiger partial charge in [-0.3, -0.25) is 4.57 Å². The van der Waals surface area contributed by atoms with Crippen LogP contribution >= 0.6 is 34.9 Å². The van der Waals surface area contributed by atoms with Crippen molar-refractivity contribution in [2.45, 2.75) is 0 Å². The van der Waals surface area contributed by atoms with Crippen LogP contribution in [-0.2, 0) is 21.1 Å². The fourth-order valence-corrected chi connectivity index (χ4v) is 4.94. The van der Waals surface area contributed by atoms with Crippen molar-refractivity contribution in [2.24, 2.45) is 9.98 Å².